The number of halogens is 1. The van der Waals surface area contributed by atoms with Gasteiger partial charge in [0.25, 0.3) is 10.0 Å². The van der Waals surface area contributed by atoms with Crippen molar-refractivity contribution in [3.63, 3.8) is 0 Å². The molecule has 0 bridgehead atoms. The SMILES string of the molecule is COc1ccc(OC)c(N(CC(=O)N(Cc2ccc(F)cc2)C(Cc2ccccc2)C(=O)NC(C)(C)C)S(=O)(=O)c2ccc(C)cc2)c1. The highest BCUT2D eigenvalue weighted by Gasteiger charge is 2.36. The molecule has 0 spiro atoms. The van der Waals surface area contributed by atoms with Crippen LogP contribution in [0.3, 0.4) is 0 Å². The number of ether oxygens (including phenoxy) is 2. The van der Waals surface area contributed by atoms with Gasteiger partial charge in [-0.2, -0.15) is 0 Å². The van der Waals surface area contributed by atoms with E-state index in [1.807, 2.05) is 58.0 Å². The van der Waals surface area contributed by atoms with Gasteiger partial charge in [-0.15, -0.1) is 0 Å². The Bertz CT molecular complexity index is 1810. The number of aryl methyl sites for hydroxylation is 1. The van der Waals surface area contributed by atoms with Crippen molar-refractivity contribution in [3.8, 4) is 11.5 Å². The Kier molecular flexibility index (Phi) is 11.5. The van der Waals surface area contributed by atoms with Crippen LogP contribution in [0.2, 0.25) is 0 Å². The number of anilines is 1. The highest BCUT2D eigenvalue weighted by molar-refractivity contribution is 7.92. The average molecular weight is 676 g/mol. The smallest absolute Gasteiger partial charge is 0.264 e. The summed E-state index contributed by atoms with van der Waals surface area (Å²) in [5, 5.41) is 2.99. The zero-order valence-electron chi connectivity index (χ0n) is 28.1. The van der Waals surface area contributed by atoms with Crippen LogP contribution in [-0.2, 0) is 32.6 Å². The van der Waals surface area contributed by atoms with Crippen LogP contribution in [0.15, 0.2) is 102 Å². The Morgan fingerprint density at radius 1 is 0.854 bits per heavy atom. The fourth-order valence-corrected chi connectivity index (χ4v) is 6.55. The lowest BCUT2D eigenvalue weighted by Gasteiger charge is -2.35. The maximum atomic E-state index is 14.7. The van der Waals surface area contributed by atoms with E-state index in [9.17, 15) is 22.4 Å². The molecule has 4 aromatic rings. The molecule has 0 fully saturated rings. The van der Waals surface area contributed by atoms with E-state index in [1.54, 1.807) is 24.3 Å². The van der Waals surface area contributed by atoms with Crippen molar-refractivity contribution in [2.45, 2.75) is 57.1 Å². The monoisotopic (exact) mass is 675 g/mol. The first-order chi connectivity index (χ1) is 22.7. The Hall–Kier alpha value is -4.90. The van der Waals surface area contributed by atoms with Gasteiger partial charge in [-0.1, -0.05) is 60.2 Å². The predicted octanol–water partition coefficient (Wildman–Crippen LogP) is 5.90. The standard InChI is InChI=1S/C37H42FN3O6S/c1-26-12-19-31(20-13-26)48(44,45)41(32-23-30(46-5)18-21-34(32)47-6)25-35(42)40(24-28-14-16-29(38)17-15-28)33(36(43)39-37(2,3)4)22-27-10-8-7-9-11-27/h7-21,23,33H,22,24-25H2,1-6H3,(H,39,43). The van der Waals surface area contributed by atoms with Gasteiger partial charge in [0.15, 0.2) is 0 Å². The summed E-state index contributed by atoms with van der Waals surface area (Å²) in [4.78, 5) is 30.0. The molecule has 0 aliphatic carbocycles. The van der Waals surface area contributed by atoms with Gasteiger partial charge >= 0.3 is 0 Å². The first kappa shape index (κ1) is 35.9. The number of nitrogens with one attached hydrogen (secondary N) is 1. The van der Waals surface area contributed by atoms with Crippen LogP contribution in [0.25, 0.3) is 0 Å². The fraction of sp³-hybridized carbons (Fsp3) is 0.297. The van der Waals surface area contributed by atoms with Gasteiger partial charge in [0.05, 0.1) is 24.8 Å². The number of hydrogen-bond acceptors (Lipinski definition) is 6. The minimum Gasteiger partial charge on any atom is -0.497 e. The van der Waals surface area contributed by atoms with Crippen molar-refractivity contribution in [3.05, 3.63) is 120 Å². The van der Waals surface area contributed by atoms with Crippen LogP contribution >= 0.6 is 0 Å². The Morgan fingerprint density at radius 2 is 1.50 bits per heavy atom. The maximum Gasteiger partial charge on any atom is 0.264 e. The Labute approximate surface area is 282 Å². The second kappa shape index (κ2) is 15.3. The summed E-state index contributed by atoms with van der Waals surface area (Å²) in [6, 6.07) is 24.7. The molecule has 2 amide bonds. The molecular weight excluding hydrogens is 633 g/mol. The van der Waals surface area contributed by atoms with Crippen LogP contribution in [0.4, 0.5) is 10.1 Å². The summed E-state index contributed by atoms with van der Waals surface area (Å²) in [5.41, 5.74) is 1.65. The molecule has 0 heterocycles. The van der Waals surface area contributed by atoms with E-state index >= 15 is 0 Å². The lowest BCUT2D eigenvalue weighted by atomic mass is 10.0. The number of carbonyl (C=O) groups is 2. The summed E-state index contributed by atoms with van der Waals surface area (Å²) < 4.78 is 54.6. The summed E-state index contributed by atoms with van der Waals surface area (Å²) in [6.45, 7) is 6.56. The van der Waals surface area contributed by atoms with Gasteiger partial charge < -0.3 is 19.7 Å². The molecule has 4 aromatic carbocycles. The first-order valence-corrected chi connectivity index (χ1v) is 16.9. The normalized spacial score (nSPS) is 12.1. The third-order valence-electron chi connectivity index (χ3n) is 7.58. The minimum atomic E-state index is -4.37. The highest BCUT2D eigenvalue weighted by atomic mass is 32.2. The number of methoxy groups -OCH3 is 2. The number of hydrogen-bond donors (Lipinski definition) is 1. The van der Waals surface area contributed by atoms with Crippen molar-refractivity contribution < 1.29 is 31.9 Å². The lowest BCUT2D eigenvalue weighted by molar-refractivity contribution is -0.140. The fourth-order valence-electron chi connectivity index (χ4n) is 5.14. The van der Waals surface area contributed by atoms with Crippen LogP contribution < -0.4 is 19.1 Å². The summed E-state index contributed by atoms with van der Waals surface area (Å²) >= 11 is 0. The van der Waals surface area contributed by atoms with Crippen molar-refractivity contribution >= 4 is 27.5 Å². The topological polar surface area (TPSA) is 105 Å². The molecule has 1 N–H and O–H groups in total. The van der Waals surface area contributed by atoms with Crippen molar-refractivity contribution in [2.75, 3.05) is 25.1 Å². The van der Waals surface area contributed by atoms with Gasteiger partial charge in [-0.05, 0) is 75.2 Å². The molecule has 0 saturated carbocycles. The number of rotatable bonds is 13. The van der Waals surface area contributed by atoms with E-state index in [-0.39, 0.29) is 29.3 Å². The van der Waals surface area contributed by atoms with Gasteiger partial charge in [0.1, 0.15) is 29.9 Å². The predicted molar refractivity (Wildman–Crippen MR) is 184 cm³/mol. The summed E-state index contributed by atoms with van der Waals surface area (Å²) in [7, 11) is -1.52. The molecule has 1 atom stereocenters. The van der Waals surface area contributed by atoms with E-state index in [0.29, 0.717) is 11.3 Å². The molecule has 0 saturated heterocycles. The highest BCUT2D eigenvalue weighted by Crippen LogP contribution is 2.36. The molecule has 1 unspecified atom stereocenters. The molecule has 254 valence electrons. The zero-order valence-corrected chi connectivity index (χ0v) is 28.9. The molecule has 9 nitrogen and oxygen atoms in total. The number of carbonyl (C=O) groups excluding carboxylic acids is 2. The van der Waals surface area contributed by atoms with Crippen molar-refractivity contribution in [1.29, 1.82) is 0 Å². The van der Waals surface area contributed by atoms with E-state index < -0.39 is 45.8 Å². The van der Waals surface area contributed by atoms with Crippen LogP contribution in [-0.4, -0.2) is 57.5 Å². The molecule has 0 aliphatic heterocycles. The van der Waals surface area contributed by atoms with Gasteiger partial charge in [0.2, 0.25) is 11.8 Å². The van der Waals surface area contributed by atoms with E-state index in [0.717, 1.165) is 15.4 Å². The van der Waals surface area contributed by atoms with Crippen molar-refractivity contribution in [1.82, 2.24) is 10.2 Å². The van der Waals surface area contributed by atoms with Crippen LogP contribution in [0.1, 0.15) is 37.5 Å². The number of nitrogens with zero attached hydrogens (tertiary/aromatic N) is 2. The quantitative estimate of drug-likeness (QED) is 0.189. The average Bonchev–Trinajstić information content (AvgIpc) is 3.05. The molecule has 48 heavy (non-hydrogen) atoms. The molecule has 0 aliphatic rings. The van der Waals surface area contributed by atoms with Crippen molar-refractivity contribution in [2.24, 2.45) is 0 Å². The molecule has 0 aromatic heterocycles. The largest absolute Gasteiger partial charge is 0.497 e. The van der Waals surface area contributed by atoms with E-state index in [2.05, 4.69) is 5.32 Å². The first-order valence-electron chi connectivity index (χ1n) is 15.4. The summed E-state index contributed by atoms with van der Waals surface area (Å²) in [6.07, 6.45) is 0.142. The molecule has 11 heteroatoms. The third-order valence-corrected chi connectivity index (χ3v) is 9.35. The molecule has 4 rings (SSSR count). The maximum absolute atomic E-state index is 14.7. The molecular formula is C37H42FN3O6S. The summed E-state index contributed by atoms with van der Waals surface area (Å²) in [5.74, 6) is -1.00. The second-order valence-electron chi connectivity index (χ2n) is 12.5. The molecule has 0 radical (unpaired) electrons. The van der Waals surface area contributed by atoms with Gasteiger partial charge in [-0.3, -0.25) is 13.9 Å². The lowest BCUT2D eigenvalue weighted by Crippen LogP contribution is -2.56. The second-order valence-corrected chi connectivity index (χ2v) is 14.3. The van der Waals surface area contributed by atoms with Crippen LogP contribution in [0.5, 0.6) is 11.5 Å². The van der Waals surface area contributed by atoms with Crippen LogP contribution in [0, 0.1) is 12.7 Å². The zero-order chi connectivity index (χ0) is 35.1. The Balaban J connectivity index is 1.88. The number of benzene rings is 4. The van der Waals surface area contributed by atoms with Gasteiger partial charge in [-0.25, -0.2) is 12.8 Å². The van der Waals surface area contributed by atoms with E-state index in [1.165, 1.54) is 61.6 Å². The third kappa shape index (κ3) is 9.13. The van der Waals surface area contributed by atoms with Gasteiger partial charge in [0, 0.05) is 24.6 Å². The van der Waals surface area contributed by atoms with E-state index in [4.69, 9.17) is 9.47 Å². The Morgan fingerprint density at radius 3 is 2.08 bits per heavy atom. The number of amides is 2. The number of sulfonamides is 1. The minimum absolute atomic E-state index is 0.0397.